The molecule has 2 amide bonds. The highest BCUT2D eigenvalue weighted by molar-refractivity contribution is 5.88. The summed E-state index contributed by atoms with van der Waals surface area (Å²) in [5.74, 6) is -0.0783. The van der Waals surface area contributed by atoms with Crippen LogP contribution in [-0.4, -0.2) is 23.4 Å². The molecule has 0 fully saturated rings. The van der Waals surface area contributed by atoms with Crippen LogP contribution in [0.15, 0.2) is 48.7 Å². The van der Waals surface area contributed by atoms with E-state index in [1.165, 1.54) is 13.1 Å². The highest BCUT2D eigenvalue weighted by Gasteiger charge is 2.10. The Morgan fingerprint density at radius 1 is 1.17 bits per heavy atom. The third-order valence-corrected chi connectivity index (χ3v) is 3.08. The average molecular weight is 313 g/mol. The number of pyridine rings is 1. The molecule has 0 aliphatic rings. The second-order valence-electron chi connectivity index (χ2n) is 5.05. The monoisotopic (exact) mass is 313 g/mol. The number of hydrogen-bond donors (Lipinski definition) is 2. The summed E-state index contributed by atoms with van der Waals surface area (Å²) in [6, 6.07) is 12.8. The van der Waals surface area contributed by atoms with Crippen LogP contribution in [0.1, 0.15) is 25.5 Å². The molecule has 1 heterocycles. The Balaban J connectivity index is 1.81. The van der Waals surface area contributed by atoms with Gasteiger partial charge in [0.1, 0.15) is 0 Å². The van der Waals surface area contributed by atoms with Crippen molar-refractivity contribution in [1.29, 1.82) is 0 Å². The van der Waals surface area contributed by atoms with Crippen LogP contribution in [0, 0.1) is 0 Å². The number of nitrogens with one attached hydrogen (secondary N) is 2. The summed E-state index contributed by atoms with van der Waals surface area (Å²) in [4.78, 5) is 26.8. The molecule has 23 heavy (non-hydrogen) atoms. The molecule has 1 aromatic carbocycles. The predicted molar refractivity (Wildman–Crippen MR) is 87.0 cm³/mol. The van der Waals surface area contributed by atoms with Crippen LogP contribution in [0.2, 0.25) is 0 Å². The number of ether oxygens (including phenoxy) is 1. The first-order valence-corrected chi connectivity index (χ1v) is 7.25. The molecule has 0 saturated heterocycles. The minimum Gasteiger partial charge on any atom is -0.468 e. The van der Waals surface area contributed by atoms with Crippen LogP contribution in [0.4, 0.5) is 5.69 Å². The molecular formula is C17H19N3O3. The van der Waals surface area contributed by atoms with Gasteiger partial charge in [-0.25, -0.2) is 4.98 Å². The summed E-state index contributed by atoms with van der Waals surface area (Å²) in [7, 11) is 0. The molecule has 2 rings (SSSR count). The first kappa shape index (κ1) is 16.5. The highest BCUT2D eigenvalue weighted by atomic mass is 16.5. The van der Waals surface area contributed by atoms with Gasteiger partial charge in [-0.1, -0.05) is 30.3 Å². The summed E-state index contributed by atoms with van der Waals surface area (Å²) in [5, 5.41) is 5.46. The van der Waals surface area contributed by atoms with E-state index in [1.54, 1.807) is 12.1 Å². The Morgan fingerprint density at radius 3 is 2.52 bits per heavy atom. The fourth-order valence-electron chi connectivity index (χ4n) is 1.99. The van der Waals surface area contributed by atoms with Gasteiger partial charge >= 0.3 is 0 Å². The molecule has 6 nitrogen and oxygen atoms in total. The van der Waals surface area contributed by atoms with Crippen molar-refractivity contribution in [2.45, 2.75) is 19.9 Å². The summed E-state index contributed by atoms with van der Waals surface area (Å²) in [6.07, 6.45) is 1.47. The number of benzene rings is 1. The average Bonchev–Trinajstić information content (AvgIpc) is 2.54. The number of carbonyl (C=O) groups is 2. The molecule has 0 radical (unpaired) electrons. The lowest BCUT2D eigenvalue weighted by atomic mass is 10.1. The highest BCUT2D eigenvalue weighted by Crippen LogP contribution is 2.12. The second-order valence-corrected chi connectivity index (χ2v) is 5.05. The summed E-state index contributed by atoms with van der Waals surface area (Å²) < 4.78 is 5.33. The number of nitrogens with zero attached hydrogens (tertiary/aromatic N) is 1. The molecule has 1 unspecified atom stereocenters. The Hall–Kier alpha value is -2.89. The van der Waals surface area contributed by atoms with Crippen molar-refractivity contribution >= 4 is 17.5 Å². The molecule has 0 spiro atoms. The van der Waals surface area contributed by atoms with E-state index in [0.29, 0.717) is 11.6 Å². The SMILES string of the molecule is CC(=O)Nc1ccc(OCC(=O)NC(C)c2ccccc2)nc1. The van der Waals surface area contributed by atoms with Crippen molar-refractivity contribution in [2.24, 2.45) is 0 Å². The largest absolute Gasteiger partial charge is 0.468 e. The molecule has 1 atom stereocenters. The molecule has 0 aliphatic heterocycles. The van der Waals surface area contributed by atoms with Crippen LogP contribution < -0.4 is 15.4 Å². The first-order chi connectivity index (χ1) is 11.0. The Morgan fingerprint density at radius 2 is 1.91 bits per heavy atom. The molecule has 120 valence electrons. The number of aromatic nitrogens is 1. The van der Waals surface area contributed by atoms with Crippen LogP contribution in [-0.2, 0) is 9.59 Å². The quantitative estimate of drug-likeness (QED) is 0.857. The number of carbonyl (C=O) groups excluding carboxylic acids is 2. The zero-order chi connectivity index (χ0) is 16.7. The van der Waals surface area contributed by atoms with Gasteiger partial charge in [0, 0.05) is 13.0 Å². The van der Waals surface area contributed by atoms with E-state index in [1.807, 2.05) is 37.3 Å². The van der Waals surface area contributed by atoms with Crippen molar-refractivity contribution in [3.63, 3.8) is 0 Å². The lowest BCUT2D eigenvalue weighted by Crippen LogP contribution is -2.31. The Bertz CT molecular complexity index is 657. The molecular weight excluding hydrogens is 294 g/mol. The van der Waals surface area contributed by atoms with Gasteiger partial charge in [0.2, 0.25) is 11.8 Å². The van der Waals surface area contributed by atoms with Crippen molar-refractivity contribution in [3.05, 3.63) is 54.2 Å². The fraction of sp³-hybridized carbons (Fsp3) is 0.235. The van der Waals surface area contributed by atoms with E-state index in [-0.39, 0.29) is 24.5 Å². The number of amides is 2. The van der Waals surface area contributed by atoms with E-state index in [9.17, 15) is 9.59 Å². The standard InChI is InChI=1S/C17H19N3O3/c1-12(14-6-4-3-5-7-14)19-16(22)11-23-17-9-8-15(10-18-17)20-13(2)21/h3-10,12H,11H2,1-2H3,(H,19,22)(H,20,21). The molecule has 1 aromatic heterocycles. The number of anilines is 1. The fourth-order valence-corrected chi connectivity index (χ4v) is 1.99. The maximum Gasteiger partial charge on any atom is 0.258 e. The van der Waals surface area contributed by atoms with Crippen LogP contribution in [0.25, 0.3) is 0 Å². The predicted octanol–water partition coefficient (Wildman–Crippen LogP) is 2.30. The van der Waals surface area contributed by atoms with E-state index in [0.717, 1.165) is 5.56 Å². The van der Waals surface area contributed by atoms with Crippen molar-refractivity contribution in [2.75, 3.05) is 11.9 Å². The zero-order valence-corrected chi connectivity index (χ0v) is 13.1. The number of rotatable bonds is 6. The van der Waals surface area contributed by atoms with Crippen LogP contribution in [0.3, 0.4) is 0 Å². The lowest BCUT2D eigenvalue weighted by Gasteiger charge is -2.14. The van der Waals surface area contributed by atoms with Gasteiger partial charge in [0.25, 0.3) is 5.91 Å². The summed E-state index contributed by atoms with van der Waals surface area (Å²) in [5.41, 5.74) is 1.60. The minimum absolute atomic E-state index is 0.0950. The minimum atomic E-state index is -0.228. The Labute approximate surface area is 134 Å². The van der Waals surface area contributed by atoms with E-state index < -0.39 is 0 Å². The maximum atomic E-state index is 11.9. The van der Waals surface area contributed by atoms with Gasteiger partial charge in [-0.3, -0.25) is 9.59 Å². The normalized spacial score (nSPS) is 11.4. The lowest BCUT2D eigenvalue weighted by molar-refractivity contribution is -0.123. The number of hydrogen-bond acceptors (Lipinski definition) is 4. The summed E-state index contributed by atoms with van der Waals surface area (Å²) in [6.45, 7) is 3.21. The molecule has 0 bridgehead atoms. The molecule has 0 saturated carbocycles. The second kappa shape index (κ2) is 7.93. The van der Waals surface area contributed by atoms with E-state index in [4.69, 9.17) is 4.74 Å². The van der Waals surface area contributed by atoms with E-state index in [2.05, 4.69) is 15.6 Å². The van der Waals surface area contributed by atoms with Gasteiger partial charge in [-0.05, 0) is 18.6 Å². The molecule has 2 N–H and O–H groups in total. The van der Waals surface area contributed by atoms with Gasteiger partial charge in [-0.15, -0.1) is 0 Å². The first-order valence-electron chi connectivity index (χ1n) is 7.25. The third-order valence-electron chi connectivity index (χ3n) is 3.08. The van der Waals surface area contributed by atoms with Gasteiger partial charge in [0.05, 0.1) is 17.9 Å². The smallest absolute Gasteiger partial charge is 0.258 e. The maximum absolute atomic E-state index is 11.9. The topological polar surface area (TPSA) is 80.3 Å². The van der Waals surface area contributed by atoms with Crippen LogP contribution in [0.5, 0.6) is 5.88 Å². The van der Waals surface area contributed by atoms with Crippen LogP contribution >= 0.6 is 0 Å². The van der Waals surface area contributed by atoms with Gasteiger partial charge in [0.15, 0.2) is 6.61 Å². The van der Waals surface area contributed by atoms with Crippen molar-refractivity contribution < 1.29 is 14.3 Å². The summed E-state index contributed by atoms with van der Waals surface area (Å²) >= 11 is 0. The Kier molecular flexibility index (Phi) is 5.68. The molecule has 0 aliphatic carbocycles. The van der Waals surface area contributed by atoms with Crippen molar-refractivity contribution in [3.8, 4) is 5.88 Å². The zero-order valence-electron chi connectivity index (χ0n) is 13.1. The van der Waals surface area contributed by atoms with Crippen molar-refractivity contribution in [1.82, 2.24) is 10.3 Å². The van der Waals surface area contributed by atoms with Gasteiger partial charge in [-0.2, -0.15) is 0 Å². The third kappa shape index (κ3) is 5.43. The van der Waals surface area contributed by atoms with E-state index >= 15 is 0 Å². The molecule has 6 heteroatoms. The van der Waals surface area contributed by atoms with Gasteiger partial charge < -0.3 is 15.4 Å². The molecule has 2 aromatic rings.